The minimum atomic E-state index is -0.411. The molecule has 0 radical (unpaired) electrons. The number of aromatic nitrogens is 4. The molecule has 0 aliphatic rings. The molecule has 0 aliphatic heterocycles. The summed E-state index contributed by atoms with van der Waals surface area (Å²) < 4.78 is 4.87. The van der Waals surface area contributed by atoms with Crippen molar-refractivity contribution >= 4 is 28.8 Å². The smallest absolute Gasteiger partial charge is 0.350 e. The highest BCUT2D eigenvalue weighted by atomic mass is 32.1. The number of anilines is 2. The van der Waals surface area contributed by atoms with Crippen LogP contribution in [0.1, 0.15) is 15.2 Å². The lowest BCUT2D eigenvalue weighted by Crippen LogP contribution is -2.06. The Morgan fingerprint density at radius 1 is 1.07 bits per heavy atom. The summed E-state index contributed by atoms with van der Waals surface area (Å²) in [5, 5.41) is 13.7. The van der Waals surface area contributed by atoms with E-state index in [9.17, 15) is 4.79 Å². The molecule has 0 amide bonds. The zero-order valence-electron chi connectivity index (χ0n) is 15.8. The second kappa shape index (κ2) is 8.15. The summed E-state index contributed by atoms with van der Waals surface area (Å²) in [6, 6.07) is 15.2. The standard InChI is InChI=1S/C21H17N5O2S/c1-13-6-8-14(9-7-13)17-20(23-15-10-12-29-18(15)21(27)28-2)24-19(26-25-17)16-5-3-4-11-22-16/h3-12H,1-2H3,(H,23,24,26). The molecule has 0 saturated carbocycles. The van der Waals surface area contributed by atoms with Crippen LogP contribution in [0.3, 0.4) is 0 Å². The van der Waals surface area contributed by atoms with Crippen molar-refractivity contribution in [2.75, 3.05) is 12.4 Å². The van der Waals surface area contributed by atoms with Crippen molar-refractivity contribution in [3.05, 3.63) is 70.5 Å². The first-order chi connectivity index (χ1) is 14.2. The zero-order valence-corrected chi connectivity index (χ0v) is 16.6. The van der Waals surface area contributed by atoms with Gasteiger partial charge >= 0.3 is 5.97 Å². The van der Waals surface area contributed by atoms with Gasteiger partial charge in [-0.05, 0) is 30.5 Å². The summed E-state index contributed by atoms with van der Waals surface area (Å²) in [4.78, 5) is 21.5. The molecule has 3 aromatic heterocycles. The largest absolute Gasteiger partial charge is 0.465 e. The van der Waals surface area contributed by atoms with E-state index in [0.29, 0.717) is 33.6 Å². The number of hydrogen-bond acceptors (Lipinski definition) is 8. The molecule has 8 heteroatoms. The molecular weight excluding hydrogens is 386 g/mol. The Balaban J connectivity index is 1.81. The lowest BCUT2D eigenvalue weighted by molar-refractivity contribution is 0.0607. The average molecular weight is 403 g/mol. The Kier molecular flexibility index (Phi) is 5.26. The average Bonchev–Trinajstić information content (AvgIpc) is 3.22. The Morgan fingerprint density at radius 3 is 2.62 bits per heavy atom. The third kappa shape index (κ3) is 3.97. The van der Waals surface area contributed by atoms with E-state index in [1.165, 1.54) is 18.4 Å². The Morgan fingerprint density at radius 2 is 1.90 bits per heavy atom. The van der Waals surface area contributed by atoms with E-state index in [2.05, 4.69) is 25.5 Å². The van der Waals surface area contributed by atoms with Gasteiger partial charge in [0.2, 0.25) is 5.82 Å². The minimum absolute atomic E-state index is 0.388. The van der Waals surface area contributed by atoms with Gasteiger partial charge in [-0.15, -0.1) is 21.5 Å². The number of carbonyl (C=O) groups is 1. The van der Waals surface area contributed by atoms with Gasteiger partial charge in [0.1, 0.15) is 16.3 Å². The topological polar surface area (TPSA) is 89.9 Å². The van der Waals surface area contributed by atoms with Gasteiger partial charge in [-0.2, -0.15) is 0 Å². The number of methoxy groups -OCH3 is 1. The van der Waals surface area contributed by atoms with Gasteiger partial charge in [0, 0.05) is 11.8 Å². The van der Waals surface area contributed by atoms with Gasteiger partial charge < -0.3 is 10.1 Å². The van der Waals surface area contributed by atoms with Gasteiger partial charge in [0.05, 0.1) is 12.8 Å². The van der Waals surface area contributed by atoms with Crippen LogP contribution in [0, 0.1) is 6.92 Å². The van der Waals surface area contributed by atoms with Gasteiger partial charge in [-0.3, -0.25) is 4.98 Å². The van der Waals surface area contributed by atoms with E-state index in [1.807, 2.05) is 54.8 Å². The lowest BCUT2D eigenvalue weighted by atomic mass is 10.1. The summed E-state index contributed by atoms with van der Waals surface area (Å²) in [6.07, 6.45) is 1.67. The number of ether oxygens (including phenoxy) is 1. The fourth-order valence-electron chi connectivity index (χ4n) is 2.71. The lowest BCUT2D eigenvalue weighted by Gasteiger charge is -2.11. The van der Waals surface area contributed by atoms with Crippen LogP contribution in [0.4, 0.5) is 11.5 Å². The van der Waals surface area contributed by atoms with Crippen LogP contribution in [-0.4, -0.2) is 33.2 Å². The zero-order chi connectivity index (χ0) is 20.2. The molecule has 0 atom stereocenters. The van der Waals surface area contributed by atoms with Gasteiger partial charge in [0.25, 0.3) is 0 Å². The number of nitrogens with one attached hydrogen (secondary N) is 1. The molecular formula is C21H17N5O2S. The van der Waals surface area contributed by atoms with Gasteiger partial charge in [-0.25, -0.2) is 9.78 Å². The maximum atomic E-state index is 12.1. The molecule has 0 fully saturated rings. The van der Waals surface area contributed by atoms with Crippen molar-refractivity contribution in [1.82, 2.24) is 20.2 Å². The van der Waals surface area contributed by atoms with Crippen molar-refractivity contribution in [3.63, 3.8) is 0 Å². The molecule has 4 rings (SSSR count). The number of esters is 1. The van der Waals surface area contributed by atoms with Crippen LogP contribution in [-0.2, 0) is 4.74 Å². The van der Waals surface area contributed by atoms with Crippen molar-refractivity contribution in [3.8, 4) is 22.8 Å². The quantitative estimate of drug-likeness (QED) is 0.491. The number of hydrogen-bond donors (Lipinski definition) is 1. The molecule has 0 unspecified atom stereocenters. The molecule has 7 nitrogen and oxygen atoms in total. The molecule has 1 aromatic carbocycles. The monoisotopic (exact) mass is 403 g/mol. The Bertz CT molecular complexity index is 1140. The first kappa shape index (κ1) is 18.7. The van der Waals surface area contributed by atoms with E-state index in [1.54, 1.807) is 12.3 Å². The van der Waals surface area contributed by atoms with Crippen LogP contribution < -0.4 is 5.32 Å². The number of carbonyl (C=O) groups excluding carboxylic acids is 1. The molecule has 0 aliphatic carbocycles. The van der Waals surface area contributed by atoms with E-state index < -0.39 is 5.97 Å². The summed E-state index contributed by atoms with van der Waals surface area (Å²) >= 11 is 1.29. The predicted molar refractivity (Wildman–Crippen MR) is 112 cm³/mol. The third-order valence-electron chi connectivity index (χ3n) is 4.19. The summed E-state index contributed by atoms with van der Waals surface area (Å²) in [7, 11) is 1.36. The van der Waals surface area contributed by atoms with Crippen LogP contribution in [0.2, 0.25) is 0 Å². The normalized spacial score (nSPS) is 10.6. The molecule has 29 heavy (non-hydrogen) atoms. The predicted octanol–water partition coefficient (Wildman–Crippen LogP) is 4.50. The fraction of sp³-hybridized carbons (Fsp3) is 0.0952. The SMILES string of the molecule is COC(=O)c1sccc1Nc1nc(-c2ccccn2)nnc1-c1ccc(C)cc1. The summed E-state index contributed by atoms with van der Waals surface area (Å²) in [6.45, 7) is 2.02. The molecule has 4 aromatic rings. The number of aryl methyl sites for hydroxylation is 1. The number of benzene rings is 1. The molecule has 0 saturated heterocycles. The van der Waals surface area contributed by atoms with E-state index in [-0.39, 0.29) is 0 Å². The number of rotatable bonds is 5. The molecule has 1 N–H and O–H groups in total. The Hall–Kier alpha value is -3.65. The first-order valence-corrected chi connectivity index (χ1v) is 9.69. The summed E-state index contributed by atoms with van der Waals surface area (Å²) in [5.74, 6) is 0.457. The van der Waals surface area contributed by atoms with Crippen LogP contribution in [0.25, 0.3) is 22.8 Å². The fourth-order valence-corrected chi connectivity index (χ4v) is 3.47. The van der Waals surface area contributed by atoms with E-state index in [4.69, 9.17) is 4.74 Å². The maximum Gasteiger partial charge on any atom is 0.350 e. The highest BCUT2D eigenvalue weighted by Gasteiger charge is 2.18. The molecule has 0 bridgehead atoms. The number of thiophene rings is 1. The number of pyridine rings is 1. The van der Waals surface area contributed by atoms with Gasteiger partial charge in [0.15, 0.2) is 5.82 Å². The molecule has 0 spiro atoms. The molecule has 144 valence electrons. The van der Waals surface area contributed by atoms with Crippen molar-refractivity contribution < 1.29 is 9.53 Å². The van der Waals surface area contributed by atoms with Crippen LogP contribution in [0.15, 0.2) is 60.1 Å². The number of nitrogens with zero attached hydrogens (tertiary/aromatic N) is 4. The van der Waals surface area contributed by atoms with Crippen LogP contribution in [0.5, 0.6) is 0 Å². The van der Waals surface area contributed by atoms with Crippen molar-refractivity contribution in [1.29, 1.82) is 0 Å². The summed E-state index contributed by atoms with van der Waals surface area (Å²) in [5.41, 5.74) is 3.78. The first-order valence-electron chi connectivity index (χ1n) is 8.81. The van der Waals surface area contributed by atoms with E-state index >= 15 is 0 Å². The Labute approximate surface area is 171 Å². The van der Waals surface area contributed by atoms with Crippen molar-refractivity contribution in [2.24, 2.45) is 0 Å². The second-order valence-corrected chi connectivity index (χ2v) is 7.11. The highest BCUT2D eigenvalue weighted by molar-refractivity contribution is 7.12. The van der Waals surface area contributed by atoms with Crippen LogP contribution >= 0.6 is 11.3 Å². The maximum absolute atomic E-state index is 12.1. The van der Waals surface area contributed by atoms with Gasteiger partial charge in [-0.1, -0.05) is 35.9 Å². The third-order valence-corrected chi connectivity index (χ3v) is 5.09. The van der Waals surface area contributed by atoms with Crippen molar-refractivity contribution in [2.45, 2.75) is 6.92 Å². The molecule has 3 heterocycles. The minimum Gasteiger partial charge on any atom is -0.465 e. The highest BCUT2D eigenvalue weighted by Crippen LogP contribution is 2.31. The van der Waals surface area contributed by atoms with E-state index in [0.717, 1.165) is 11.1 Å². The second-order valence-electron chi connectivity index (χ2n) is 6.19.